The molecule has 3 aromatic rings. The lowest BCUT2D eigenvalue weighted by atomic mass is 9.95. The Kier molecular flexibility index (Phi) is 5.88. The Labute approximate surface area is 177 Å². The van der Waals surface area contributed by atoms with Gasteiger partial charge in [-0.1, -0.05) is 42.5 Å². The lowest BCUT2D eigenvalue weighted by Gasteiger charge is -2.32. The lowest BCUT2D eigenvalue weighted by molar-refractivity contribution is -0.137. The molecule has 0 bridgehead atoms. The zero-order valence-electron chi connectivity index (χ0n) is 16.6. The second-order valence-corrected chi connectivity index (χ2v) is 7.44. The first-order valence-electron chi connectivity index (χ1n) is 10.0. The van der Waals surface area contributed by atoms with Crippen LogP contribution in [0.15, 0.2) is 66.7 Å². The van der Waals surface area contributed by atoms with Gasteiger partial charge in [-0.2, -0.15) is 13.2 Å². The van der Waals surface area contributed by atoms with E-state index >= 15 is 0 Å². The van der Waals surface area contributed by atoms with Gasteiger partial charge in [0.2, 0.25) is 5.91 Å². The number of benzene rings is 2. The number of carbonyl (C=O) groups excluding carboxylic acids is 1. The fraction of sp³-hybridized carbons (Fsp3) is 0.261. The minimum absolute atomic E-state index is 0.204. The Bertz CT molecular complexity index is 1030. The summed E-state index contributed by atoms with van der Waals surface area (Å²) in [5.74, 6) is -0.0168. The first-order chi connectivity index (χ1) is 14.9. The van der Waals surface area contributed by atoms with Crippen LogP contribution in [0.3, 0.4) is 0 Å². The summed E-state index contributed by atoms with van der Waals surface area (Å²) in [6, 6.07) is 18.6. The number of para-hydroxylation sites is 1. The second kappa shape index (κ2) is 8.75. The van der Waals surface area contributed by atoms with Crippen LogP contribution < -0.4 is 10.2 Å². The fourth-order valence-corrected chi connectivity index (χ4v) is 3.70. The Morgan fingerprint density at radius 1 is 0.903 bits per heavy atom. The van der Waals surface area contributed by atoms with Crippen LogP contribution in [-0.2, 0) is 11.0 Å². The average Bonchev–Trinajstić information content (AvgIpc) is 2.79. The van der Waals surface area contributed by atoms with Crippen LogP contribution in [0.25, 0.3) is 11.3 Å². The fourth-order valence-electron chi connectivity index (χ4n) is 3.70. The number of carbonyl (C=O) groups is 1. The largest absolute Gasteiger partial charge is 0.418 e. The third-order valence-corrected chi connectivity index (χ3v) is 5.40. The van der Waals surface area contributed by atoms with Crippen molar-refractivity contribution in [2.24, 2.45) is 5.92 Å². The molecule has 1 aromatic heterocycles. The van der Waals surface area contributed by atoms with Crippen molar-refractivity contribution in [2.75, 3.05) is 23.3 Å². The van der Waals surface area contributed by atoms with Crippen LogP contribution in [0.1, 0.15) is 18.4 Å². The maximum atomic E-state index is 13.1. The molecule has 1 saturated heterocycles. The molecule has 0 radical (unpaired) electrons. The van der Waals surface area contributed by atoms with E-state index < -0.39 is 11.7 Å². The Morgan fingerprint density at radius 3 is 2.23 bits per heavy atom. The van der Waals surface area contributed by atoms with Crippen molar-refractivity contribution >= 4 is 17.4 Å². The molecular weight excluding hydrogens is 405 g/mol. The van der Waals surface area contributed by atoms with Crippen LogP contribution in [-0.4, -0.2) is 29.2 Å². The Hall–Kier alpha value is -3.42. The van der Waals surface area contributed by atoms with Gasteiger partial charge in [0.05, 0.1) is 16.9 Å². The van der Waals surface area contributed by atoms with E-state index in [0.29, 0.717) is 25.9 Å². The smallest absolute Gasteiger partial charge is 0.355 e. The topological polar surface area (TPSA) is 58.1 Å². The van der Waals surface area contributed by atoms with Gasteiger partial charge < -0.3 is 10.2 Å². The number of nitrogens with one attached hydrogen (secondary N) is 1. The van der Waals surface area contributed by atoms with Gasteiger partial charge >= 0.3 is 6.18 Å². The summed E-state index contributed by atoms with van der Waals surface area (Å²) in [5.41, 5.74) is 0.720. The van der Waals surface area contributed by atoms with Crippen molar-refractivity contribution in [1.82, 2.24) is 10.2 Å². The highest BCUT2D eigenvalue weighted by atomic mass is 19.4. The molecule has 1 aliphatic rings. The molecule has 0 saturated carbocycles. The van der Waals surface area contributed by atoms with E-state index in [1.54, 1.807) is 0 Å². The molecule has 31 heavy (non-hydrogen) atoms. The van der Waals surface area contributed by atoms with E-state index in [0.717, 1.165) is 23.1 Å². The number of halogens is 3. The lowest BCUT2D eigenvalue weighted by Crippen LogP contribution is -2.38. The molecule has 2 aromatic carbocycles. The van der Waals surface area contributed by atoms with Crippen molar-refractivity contribution in [3.63, 3.8) is 0 Å². The number of anilines is 2. The van der Waals surface area contributed by atoms with Crippen molar-refractivity contribution in [1.29, 1.82) is 0 Å². The minimum Gasteiger partial charge on any atom is -0.355 e. The van der Waals surface area contributed by atoms with Gasteiger partial charge in [-0.25, -0.2) is 0 Å². The highest BCUT2D eigenvalue weighted by molar-refractivity contribution is 5.93. The van der Waals surface area contributed by atoms with E-state index in [-0.39, 0.29) is 17.5 Å². The maximum absolute atomic E-state index is 13.1. The zero-order valence-corrected chi connectivity index (χ0v) is 16.6. The van der Waals surface area contributed by atoms with Crippen LogP contribution in [0.2, 0.25) is 0 Å². The van der Waals surface area contributed by atoms with Gasteiger partial charge in [0.1, 0.15) is 0 Å². The van der Waals surface area contributed by atoms with E-state index in [1.165, 1.54) is 18.2 Å². The summed E-state index contributed by atoms with van der Waals surface area (Å²) in [7, 11) is 0. The van der Waals surface area contributed by atoms with Gasteiger partial charge in [-0.05, 0) is 37.1 Å². The molecule has 1 aliphatic heterocycles. The summed E-state index contributed by atoms with van der Waals surface area (Å²) in [5, 5.41) is 11.1. The Balaban J connectivity index is 1.36. The van der Waals surface area contributed by atoms with E-state index in [1.807, 2.05) is 47.4 Å². The monoisotopic (exact) mass is 426 g/mol. The standard InChI is InChI=1S/C23H21F3N4O/c24-23(25,26)18-8-4-5-9-20(18)27-22(31)17-12-14-30(15-13-17)21-11-10-19(28-29-21)16-6-2-1-3-7-16/h1-11,17H,12-15H2,(H,27,31). The predicted octanol–water partition coefficient (Wildman–Crippen LogP) is 5.02. The second-order valence-electron chi connectivity index (χ2n) is 7.44. The van der Waals surface area contributed by atoms with Crippen LogP contribution in [0, 0.1) is 5.92 Å². The van der Waals surface area contributed by atoms with Crippen molar-refractivity contribution in [3.8, 4) is 11.3 Å². The number of alkyl halides is 3. The summed E-state index contributed by atoms with van der Waals surface area (Å²) in [6.07, 6.45) is -3.46. The molecule has 8 heteroatoms. The zero-order chi connectivity index (χ0) is 21.8. The number of piperidine rings is 1. The normalized spacial score (nSPS) is 15.0. The molecule has 5 nitrogen and oxygen atoms in total. The van der Waals surface area contributed by atoms with Crippen LogP contribution in [0.4, 0.5) is 24.7 Å². The van der Waals surface area contributed by atoms with Gasteiger partial charge in [-0.15, -0.1) is 10.2 Å². The Morgan fingerprint density at radius 2 is 1.58 bits per heavy atom. The molecule has 1 fully saturated rings. The third kappa shape index (κ3) is 4.84. The molecule has 0 aliphatic carbocycles. The molecule has 0 spiro atoms. The number of hydrogen-bond donors (Lipinski definition) is 1. The molecule has 0 unspecified atom stereocenters. The number of aromatic nitrogens is 2. The van der Waals surface area contributed by atoms with E-state index in [2.05, 4.69) is 15.5 Å². The summed E-state index contributed by atoms with van der Waals surface area (Å²) < 4.78 is 39.4. The van der Waals surface area contributed by atoms with E-state index in [4.69, 9.17) is 0 Å². The number of nitrogens with zero attached hydrogens (tertiary/aromatic N) is 3. The summed E-state index contributed by atoms with van der Waals surface area (Å²) >= 11 is 0. The van der Waals surface area contributed by atoms with Crippen molar-refractivity contribution in [2.45, 2.75) is 19.0 Å². The number of amides is 1. The van der Waals surface area contributed by atoms with Gasteiger partial charge in [0, 0.05) is 24.6 Å². The van der Waals surface area contributed by atoms with Crippen LogP contribution >= 0.6 is 0 Å². The van der Waals surface area contributed by atoms with Crippen molar-refractivity contribution in [3.05, 3.63) is 72.3 Å². The molecule has 1 N–H and O–H groups in total. The highest BCUT2D eigenvalue weighted by Crippen LogP contribution is 2.35. The molecule has 160 valence electrons. The predicted molar refractivity (Wildman–Crippen MR) is 112 cm³/mol. The number of rotatable bonds is 4. The average molecular weight is 426 g/mol. The summed E-state index contributed by atoms with van der Waals surface area (Å²) in [4.78, 5) is 14.6. The van der Waals surface area contributed by atoms with E-state index in [9.17, 15) is 18.0 Å². The molecular formula is C23H21F3N4O. The summed E-state index contributed by atoms with van der Waals surface area (Å²) in [6.45, 7) is 1.16. The van der Waals surface area contributed by atoms with Gasteiger partial charge in [0.25, 0.3) is 0 Å². The van der Waals surface area contributed by atoms with Gasteiger partial charge in [0.15, 0.2) is 5.82 Å². The molecule has 2 heterocycles. The third-order valence-electron chi connectivity index (χ3n) is 5.40. The minimum atomic E-state index is -4.52. The first kappa shape index (κ1) is 20.8. The quantitative estimate of drug-likeness (QED) is 0.637. The van der Waals surface area contributed by atoms with Crippen molar-refractivity contribution < 1.29 is 18.0 Å². The van der Waals surface area contributed by atoms with Gasteiger partial charge in [-0.3, -0.25) is 4.79 Å². The SMILES string of the molecule is O=C(Nc1ccccc1C(F)(F)F)C1CCN(c2ccc(-c3ccccc3)nn2)CC1. The molecule has 0 atom stereocenters. The van der Waals surface area contributed by atoms with Crippen LogP contribution in [0.5, 0.6) is 0 Å². The number of hydrogen-bond acceptors (Lipinski definition) is 4. The highest BCUT2D eigenvalue weighted by Gasteiger charge is 2.34. The molecule has 4 rings (SSSR count). The first-order valence-corrected chi connectivity index (χ1v) is 10.0. The maximum Gasteiger partial charge on any atom is 0.418 e. The molecule has 1 amide bonds.